The van der Waals surface area contributed by atoms with Crippen LogP contribution >= 0.6 is 11.6 Å². The molecule has 120 valence electrons. The standard InChI is InChI=1S/C18H18ClNO3/c1-22-15-7-6-13(11-16(15)23-2)18(8-9-18)20-17(21)12-4-3-5-14(19)10-12/h3-7,10-11H,8-9H2,1-2H3,(H,20,21). The van der Waals surface area contributed by atoms with Gasteiger partial charge in [0.25, 0.3) is 5.91 Å². The van der Waals surface area contributed by atoms with Crippen molar-refractivity contribution in [2.45, 2.75) is 18.4 Å². The third kappa shape index (κ3) is 3.13. The van der Waals surface area contributed by atoms with Crippen LogP contribution in [0.5, 0.6) is 11.5 Å². The summed E-state index contributed by atoms with van der Waals surface area (Å²) in [7, 11) is 3.21. The smallest absolute Gasteiger partial charge is 0.252 e. The van der Waals surface area contributed by atoms with E-state index in [2.05, 4.69) is 5.32 Å². The first-order valence-electron chi connectivity index (χ1n) is 7.38. The molecule has 1 N–H and O–H groups in total. The first-order valence-corrected chi connectivity index (χ1v) is 7.76. The lowest BCUT2D eigenvalue weighted by Crippen LogP contribution is -2.34. The van der Waals surface area contributed by atoms with Crippen LogP contribution in [0.15, 0.2) is 42.5 Å². The molecule has 3 rings (SSSR count). The van der Waals surface area contributed by atoms with Gasteiger partial charge in [-0.1, -0.05) is 23.7 Å². The Morgan fingerprint density at radius 2 is 1.83 bits per heavy atom. The molecule has 1 aliphatic carbocycles. The molecule has 0 aliphatic heterocycles. The van der Waals surface area contributed by atoms with Gasteiger partial charge in [0.2, 0.25) is 0 Å². The number of carbonyl (C=O) groups excluding carboxylic acids is 1. The number of ether oxygens (including phenoxy) is 2. The molecule has 1 amide bonds. The predicted molar refractivity (Wildman–Crippen MR) is 89.4 cm³/mol. The summed E-state index contributed by atoms with van der Waals surface area (Å²) in [4.78, 5) is 12.5. The number of rotatable bonds is 5. The third-order valence-corrected chi connectivity index (χ3v) is 4.36. The minimum atomic E-state index is -0.334. The summed E-state index contributed by atoms with van der Waals surface area (Å²) < 4.78 is 10.6. The van der Waals surface area contributed by atoms with Crippen molar-refractivity contribution in [1.29, 1.82) is 0 Å². The zero-order valence-corrected chi connectivity index (χ0v) is 13.8. The highest BCUT2D eigenvalue weighted by atomic mass is 35.5. The molecule has 0 saturated heterocycles. The summed E-state index contributed by atoms with van der Waals surface area (Å²) in [6.45, 7) is 0. The summed E-state index contributed by atoms with van der Waals surface area (Å²) in [5.41, 5.74) is 1.24. The van der Waals surface area contributed by atoms with E-state index in [1.807, 2.05) is 18.2 Å². The van der Waals surface area contributed by atoms with E-state index in [-0.39, 0.29) is 11.4 Å². The second-order valence-corrected chi connectivity index (χ2v) is 6.05. The number of benzene rings is 2. The molecule has 4 nitrogen and oxygen atoms in total. The van der Waals surface area contributed by atoms with Gasteiger partial charge < -0.3 is 14.8 Å². The van der Waals surface area contributed by atoms with E-state index >= 15 is 0 Å². The molecular formula is C18H18ClNO3. The number of methoxy groups -OCH3 is 2. The third-order valence-electron chi connectivity index (χ3n) is 4.13. The number of amides is 1. The van der Waals surface area contributed by atoms with E-state index in [9.17, 15) is 4.79 Å². The van der Waals surface area contributed by atoms with E-state index in [1.165, 1.54) is 0 Å². The van der Waals surface area contributed by atoms with Crippen LogP contribution in [0.25, 0.3) is 0 Å². The van der Waals surface area contributed by atoms with Crippen LogP contribution in [0.2, 0.25) is 5.02 Å². The van der Waals surface area contributed by atoms with Crippen molar-refractivity contribution >= 4 is 17.5 Å². The van der Waals surface area contributed by atoms with Gasteiger partial charge in [0.1, 0.15) is 0 Å². The van der Waals surface area contributed by atoms with Crippen LogP contribution in [-0.4, -0.2) is 20.1 Å². The van der Waals surface area contributed by atoms with Gasteiger partial charge in [0.15, 0.2) is 11.5 Å². The highest BCUT2D eigenvalue weighted by molar-refractivity contribution is 6.30. The molecule has 2 aromatic carbocycles. The maximum Gasteiger partial charge on any atom is 0.252 e. The minimum Gasteiger partial charge on any atom is -0.493 e. The number of nitrogens with one attached hydrogen (secondary N) is 1. The number of hydrogen-bond acceptors (Lipinski definition) is 3. The quantitative estimate of drug-likeness (QED) is 0.907. The molecule has 2 aromatic rings. The molecule has 5 heteroatoms. The first-order chi connectivity index (χ1) is 11.1. The van der Waals surface area contributed by atoms with E-state index in [1.54, 1.807) is 38.5 Å². The van der Waals surface area contributed by atoms with Crippen molar-refractivity contribution in [1.82, 2.24) is 5.32 Å². The SMILES string of the molecule is COc1ccc(C2(NC(=O)c3cccc(Cl)c3)CC2)cc1OC. The average Bonchev–Trinajstić information content (AvgIpc) is 3.34. The van der Waals surface area contributed by atoms with Crippen LogP contribution in [-0.2, 0) is 5.54 Å². The van der Waals surface area contributed by atoms with Crippen molar-refractivity contribution < 1.29 is 14.3 Å². The fourth-order valence-electron chi connectivity index (χ4n) is 2.66. The molecule has 0 unspecified atom stereocenters. The van der Waals surface area contributed by atoms with Crippen molar-refractivity contribution in [3.8, 4) is 11.5 Å². The summed E-state index contributed by atoms with van der Waals surface area (Å²) in [5, 5.41) is 3.67. The van der Waals surface area contributed by atoms with E-state index in [4.69, 9.17) is 21.1 Å². The number of hydrogen-bond donors (Lipinski definition) is 1. The summed E-state index contributed by atoms with van der Waals surface area (Å²) in [5.74, 6) is 1.21. The molecule has 1 aliphatic rings. The van der Waals surface area contributed by atoms with Gasteiger partial charge in [-0.05, 0) is 48.7 Å². The minimum absolute atomic E-state index is 0.125. The number of halogens is 1. The molecule has 0 bridgehead atoms. The zero-order chi connectivity index (χ0) is 16.4. The van der Waals surface area contributed by atoms with E-state index in [0.717, 1.165) is 18.4 Å². The highest BCUT2D eigenvalue weighted by Crippen LogP contribution is 2.47. The highest BCUT2D eigenvalue weighted by Gasteiger charge is 2.46. The van der Waals surface area contributed by atoms with E-state index < -0.39 is 0 Å². The molecule has 1 saturated carbocycles. The molecule has 0 spiro atoms. The van der Waals surface area contributed by atoms with Crippen LogP contribution in [0, 0.1) is 0 Å². The van der Waals surface area contributed by atoms with Crippen molar-refractivity contribution in [3.05, 3.63) is 58.6 Å². The average molecular weight is 332 g/mol. The monoisotopic (exact) mass is 331 g/mol. The molecule has 0 atom stereocenters. The Bertz CT molecular complexity index is 741. The summed E-state index contributed by atoms with van der Waals surface area (Å²) in [6.07, 6.45) is 1.80. The maximum atomic E-state index is 12.5. The van der Waals surface area contributed by atoms with E-state index in [0.29, 0.717) is 22.1 Å². The predicted octanol–water partition coefficient (Wildman–Crippen LogP) is 3.78. The molecule has 23 heavy (non-hydrogen) atoms. The molecule has 0 radical (unpaired) electrons. The lowest BCUT2D eigenvalue weighted by Gasteiger charge is -2.19. The fourth-order valence-corrected chi connectivity index (χ4v) is 2.85. The zero-order valence-electron chi connectivity index (χ0n) is 13.1. The van der Waals surface area contributed by atoms with Crippen LogP contribution in [0.3, 0.4) is 0 Å². The Balaban J connectivity index is 1.84. The van der Waals surface area contributed by atoms with Crippen LogP contribution < -0.4 is 14.8 Å². The Morgan fingerprint density at radius 3 is 2.43 bits per heavy atom. The van der Waals surface area contributed by atoms with Gasteiger partial charge in [-0.3, -0.25) is 4.79 Å². The van der Waals surface area contributed by atoms with Gasteiger partial charge >= 0.3 is 0 Å². The lowest BCUT2D eigenvalue weighted by molar-refractivity contribution is 0.0930. The Hall–Kier alpha value is -2.20. The molecule has 0 aromatic heterocycles. The topological polar surface area (TPSA) is 47.6 Å². The fraction of sp³-hybridized carbons (Fsp3) is 0.278. The van der Waals surface area contributed by atoms with Crippen LogP contribution in [0.1, 0.15) is 28.8 Å². The lowest BCUT2D eigenvalue weighted by atomic mass is 10.0. The second-order valence-electron chi connectivity index (χ2n) is 5.62. The Morgan fingerprint density at radius 1 is 1.09 bits per heavy atom. The summed E-state index contributed by atoms with van der Waals surface area (Å²) in [6, 6.07) is 12.7. The van der Waals surface area contributed by atoms with Crippen molar-refractivity contribution in [2.75, 3.05) is 14.2 Å². The Kier molecular flexibility index (Phi) is 4.18. The van der Waals surface area contributed by atoms with Crippen LogP contribution in [0.4, 0.5) is 0 Å². The maximum absolute atomic E-state index is 12.5. The van der Waals surface area contributed by atoms with Gasteiger partial charge in [-0.15, -0.1) is 0 Å². The van der Waals surface area contributed by atoms with Gasteiger partial charge in [0, 0.05) is 10.6 Å². The molecular weight excluding hydrogens is 314 g/mol. The first kappa shape index (κ1) is 15.7. The van der Waals surface area contributed by atoms with Gasteiger partial charge in [0.05, 0.1) is 19.8 Å². The Labute approximate surface area is 140 Å². The number of carbonyl (C=O) groups is 1. The largest absolute Gasteiger partial charge is 0.493 e. The molecule has 1 fully saturated rings. The van der Waals surface area contributed by atoms with Gasteiger partial charge in [-0.2, -0.15) is 0 Å². The second kappa shape index (κ2) is 6.13. The normalized spacial score (nSPS) is 14.9. The van der Waals surface area contributed by atoms with Crippen molar-refractivity contribution in [2.24, 2.45) is 0 Å². The van der Waals surface area contributed by atoms with Crippen molar-refractivity contribution in [3.63, 3.8) is 0 Å². The molecule has 0 heterocycles. The van der Waals surface area contributed by atoms with Gasteiger partial charge in [-0.25, -0.2) is 0 Å². The summed E-state index contributed by atoms with van der Waals surface area (Å²) >= 11 is 5.96.